The maximum Gasteiger partial charge on any atom is 0.200 e. The number of para-hydroxylation sites is 3. The van der Waals surface area contributed by atoms with Gasteiger partial charge in [-0.2, -0.15) is 0 Å². The molecular weight excluding hydrogens is 637 g/mol. The van der Waals surface area contributed by atoms with Gasteiger partial charge in [-0.05, 0) is 48.5 Å². The molecule has 0 bridgehead atoms. The molecule has 0 unspecified atom stereocenters. The van der Waals surface area contributed by atoms with Gasteiger partial charge in [-0.1, -0.05) is 121 Å². The lowest BCUT2D eigenvalue weighted by Crippen LogP contribution is -2.01. The normalized spacial score (nSPS) is 11.4. The van der Waals surface area contributed by atoms with E-state index in [0.717, 1.165) is 44.3 Å². The third-order valence-electron chi connectivity index (χ3n) is 9.79. The zero-order chi connectivity index (χ0) is 34.6. The van der Waals surface area contributed by atoms with Gasteiger partial charge in [0.25, 0.3) is 0 Å². The van der Waals surface area contributed by atoms with Crippen molar-refractivity contribution in [3.8, 4) is 45.5 Å². The number of rotatable bonds is 5. The number of aromatic nitrogens is 5. The van der Waals surface area contributed by atoms with Crippen LogP contribution in [-0.2, 0) is 0 Å². The number of fused-ring (bicyclic) bond motifs is 6. The predicted octanol–water partition coefficient (Wildman–Crippen LogP) is 11.6. The van der Waals surface area contributed by atoms with Crippen LogP contribution in [-0.4, -0.2) is 24.1 Å². The monoisotopic (exact) mass is 664 g/mol. The Labute approximate surface area is 299 Å². The van der Waals surface area contributed by atoms with Crippen LogP contribution in [0.5, 0.6) is 0 Å². The Kier molecular flexibility index (Phi) is 6.76. The zero-order valence-electron chi connectivity index (χ0n) is 27.8. The molecule has 0 saturated carbocycles. The van der Waals surface area contributed by atoms with Gasteiger partial charge in [0.05, 0.1) is 28.6 Å². The van der Waals surface area contributed by atoms with E-state index in [1.165, 1.54) is 21.8 Å². The molecule has 0 N–H and O–H groups in total. The maximum absolute atomic E-state index is 8.30. The molecule has 3 aromatic heterocycles. The molecule has 0 aliphatic rings. The fourth-order valence-corrected chi connectivity index (χ4v) is 7.45. The average Bonchev–Trinajstić information content (AvgIpc) is 3.74. The summed E-state index contributed by atoms with van der Waals surface area (Å²) >= 11 is 0. The first-order chi connectivity index (χ1) is 25.7. The SMILES string of the molecule is [C-]#[N+]c1cc(-n2c3ccccc3c3cc(-n4c5ccccc5c5ccccc54)ccc32)ccc1-c1nc(-c2ccccc2)nc(-c2ccccc2)n1. The summed E-state index contributed by atoms with van der Waals surface area (Å²) in [6.07, 6.45) is 0. The van der Waals surface area contributed by atoms with Crippen molar-refractivity contribution in [3.05, 3.63) is 181 Å². The summed E-state index contributed by atoms with van der Waals surface area (Å²) in [6.45, 7) is 8.30. The first kappa shape index (κ1) is 29.5. The molecule has 6 nitrogen and oxygen atoms in total. The van der Waals surface area contributed by atoms with Gasteiger partial charge in [-0.3, -0.25) is 0 Å². The topological polar surface area (TPSA) is 52.9 Å². The highest BCUT2D eigenvalue weighted by molar-refractivity contribution is 6.12. The zero-order valence-corrected chi connectivity index (χ0v) is 27.8. The first-order valence-corrected chi connectivity index (χ1v) is 17.2. The predicted molar refractivity (Wildman–Crippen MR) is 211 cm³/mol. The molecule has 0 atom stereocenters. The molecule has 0 amide bonds. The molecule has 0 aliphatic carbocycles. The second-order valence-electron chi connectivity index (χ2n) is 12.8. The molecule has 0 saturated heterocycles. The molecule has 242 valence electrons. The molecule has 10 rings (SSSR count). The molecule has 0 fully saturated rings. The van der Waals surface area contributed by atoms with Crippen molar-refractivity contribution in [2.24, 2.45) is 0 Å². The number of hydrogen-bond acceptors (Lipinski definition) is 3. The van der Waals surface area contributed by atoms with Crippen LogP contribution in [0.1, 0.15) is 0 Å². The lowest BCUT2D eigenvalue weighted by Gasteiger charge is -2.13. The smallest absolute Gasteiger partial charge is 0.200 e. The van der Waals surface area contributed by atoms with Crippen molar-refractivity contribution in [2.75, 3.05) is 0 Å². The molecule has 0 radical (unpaired) electrons. The lowest BCUT2D eigenvalue weighted by atomic mass is 10.1. The van der Waals surface area contributed by atoms with Gasteiger partial charge in [0.15, 0.2) is 23.2 Å². The first-order valence-electron chi connectivity index (χ1n) is 17.2. The van der Waals surface area contributed by atoms with Gasteiger partial charge in [0, 0.05) is 49.6 Å². The molecular formula is C46H28N6. The highest BCUT2D eigenvalue weighted by atomic mass is 15.0. The fourth-order valence-electron chi connectivity index (χ4n) is 7.45. The van der Waals surface area contributed by atoms with E-state index in [2.05, 4.69) is 111 Å². The van der Waals surface area contributed by atoms with Crippen molar-refractivity contribution in [1.82, 2.24) is 24.1 Å². The highest BCUT2D eigenvalue weighted by Crippen LogP contribution is 2.39. The summed E-state index contributed by atoms with van der Waals surface area (Å²) in [4.78, 5) is 18.7. The standard InChI is InChI=1S/C46H28N6/c1-47-39-29-33(24-26-37(39)46-49-44(30-14-4-2-5-15-30)48-45(50-46)31-16-6-3-7-17-31)52-42-23-13-10-20-36(42)38-28-32(25-27-43(38)52)51-40-21-11-8-18-34(40)35-19-9-12-22-41(35)51/h2-29H. The largest absolute Gasteiger partial charge is 0.311 e. The van der Waals surface area contributed by atoms with Gasteiger partial charge >= 0.3 is 0 Å². The Balaban J connectivity index is 1.15. The van der Waals surface area contributed by atoms with Crippen molar-refractivity contribution in [2.45, 2.75) is 0 Å². The van der Waals surface area contributed by atoms with Crippen LogP contribution in [0.2, 0.25) is 0 Å². The van der Waals surface area contributed by atoms with E-state index in [1.807, 2.05) is 72.8 Å². The molecule has 0 spiro atoms. The quantitative estimate of drug-likeness (QED) is 0.172. The van der Waals surface area contributed by atoms with E-state index in [-0.39, 0.29) is 0 Å². The van der Waals surface area contributed by atoms with E-state index in [9.17, 15) is 0 Å². The Morgan fingerprint density at radius 2 is 0.808 bits per heavy atom. The van der Waals surface area contributed by atoms with Crippen molar-refractivity contribution >= 4 is 49.3 Å². The van der Waals surface area contributed by atoms with E-state index < -0.39 is 0 Å². The second kappa shape index (κ2) is 11.9. The van der Waals surface area contributed by atoms with Crippen LogP contribution in [0.4, 0.5) is 5.69 Å². The van der Waals surface area contributed by atoms with E-state index in [4.69, 9.17) is 21.5 Å². The van der Waals surface area contributed by atoms with Crippen molar-refractivity contribution in [3.63, 3.8) is 0 Å². The summed E-state index contributed by atoms with van der Waals surface area (Å²) in [7, 11) is 0. The minimum atomic E-state index is 0.461. The summed E-state index contributed by atoms with van der Waals surface area (Å²) in [5.41, 5.74) is 9.37. The van der Waals surface area contributed by atoms with Crippen LogP contribution in [0.15, 0.2) is 170 Å². The number of hydrogen-bond donors (Lipinski definition) is 0. The average molecular weight is 665 g/mol. The molecule has 6 heteroatoms. The Morgan fingerprint density at radius 3 is 1.35 bits per heavy atom. The van der Waals surface area contributed by atoms with Gasteiger partial charge in [0.2, 0.25) is 0 Å². The minimum Gasteiger partial charge on any atom is -0.311 e. The van der Waals surface area contributed by atoms with Crippen LogP contribution in [0.3, 0.4) is 0 Å². The summed E-state index contributed by atoms with van der Waals surface area (Å²) < 4.78 is 4.60. The summed E-state index contributed by atoms with van der Waals surface area (Å²) in [6, 6.07) is 58.1. The third-order valence-corrected chi connectivity index (χ3v) is 9.79. The Bertz CT molecular complexity index is 2910. The van der Waals surface area contributed by atoms with Crippen LogP contribution in [0, 0.1) is 6.57 Å². The van der Waals surface area contributed by atoms with E-state index >= 15 is 0 Å². The number of nitrogens with zero attached hydrogens (tertiary/aromatic N) is 6. The van der Waals surface area contributed by atoms with Crippen LogP contribution in [0.25, 0.3) is 94.0 Å². The summed E-state index contributed by atoms with van der Waals surface area (Å²) in [5.74, 6) is 1.58. The van der Waals surface area contributed by atoms with Gasteiger partial charge in [-0.25, -0.2) is 19.8 Å². The molecule has 0 aliphatic heterocycles. The van der Waals surface area contributed by atoms with E-state index in [1.54, 1.807) is 0 Å². The second-order valence-corrected chi connectivity index (χ2v) is 12.8. The van der Waals surface area contributed by atoms with Gasteiger partial charge in [0.1, 0.15) is 0 Å². The molecule has 3 heterocycles. The fraction of sp³-hybridized carbons (Fsp3) is 0. The molecule has 7 aromatic carbocycles. The number of benzene rings is 7. The molecule has 10 aromatic rings. The Hall–Kier alpha value is -7.36. The van der Waals surface area contributed by atoms with Gasteiger partial charge in [-0.15, -0.1) is 0 Å². The lowest BCUT2D eigenvalue weighted by molar-refractivity contribution is 1.07. The molecule has 52 heavy (non-hydrogen) atoms. The van der Waals surface area contributed by atoms with Gasteiger partial charge < -0.3 is 9.13 Å². The van der Waals surface area contributed by atoms with Crippen LogP contribution < -0.4 is 0 Å². The summed E-state index contributed by atoms with van der Waals surface area (Å²) in [5, 5.41) is 4.75. The maximum atomic E-state index is 8.30. The third kappa shape index (κ3) is 4.68. The Morgan fingerprint density at radius 1 is 0.385 bits per heavy atom. The van der Waals surface area contributed by atoms with Crippen LogP contribution >= 0.6 is 0 Å². The minimum absolute atomic E-state index is 0.461. The highest BCUT2D eigenvalue weighted by Gasteiger charge is 2.19. The van der Waals surface area contributed by atoms with Crippen molar-refractivity contribution in [1.29, 1.82) is 0 Å². The van der Waals surface area contributed by atoms with E-state index in [0.29, 0.717) is 28.7 Å². The van der Waals surface area contributed by atoms with Crippen molar-refractivity contribution < 1.29 is 0 Å².